The number of fused-ring (bicyclic) bond motifs is 2. The Balaban J connectivity index is 0.00000225. The van der Waals surface area contributed by atoms with Crippen LogP contribution >= 0.6 is 12.4 Å². The van der Waals surface area contributed by atoms with Crippen LogP contribution < -0.4 is 4.90 Å². The highest BCUT2D eigenvalue weighted by Gasteiger charge is 2.23. The first-order chi connectivity index (χ1) is 13.2. The third-order valence-electron chi connectivity index (χ3n) is 5.61. The molecule has 0 amide bonds. The first-order valence-corrected chi connectivity index (χ1v) is 9.87. The van der Waals surface area contributed by atoms with Gasteiger partial charge in [-0.3, -0.25) is 4.90 Å². The third kappa shape index (κ3) is 4.52. The van der Waals surface area contributed by atoms with Crippen LogP contribution in [0.2, 0.25) is 0 Å². The molecule has 1 fully saturated rings. The molecule has 4 nitrogen and oxygen atoms in total. The molecule has 1 N–H and O–H groups in total. The zero-order valence-electron chi connectivity index (χ0n) is 16.2. The molecule has 5 heteroatoms. The number of hydrogen-bond donors (Lipinski definition) is 1. The zero-order valence-corrected chi connectivity index (χ0v) is 17.0. The predicted octanol–water partition coefficient (Wildman–Crippen LogP) is 4.51. The van der Waals surface area contributed by atoms with Gasteiger partial charge in [-0.25, -0.2) is 0 Å². The van der Waals surface area contributed by atoms with Crippen molar-refractivity contribution in [2.45, 2.75) is 25.4 Å². The highest BCUT2D eigenvalue weighted by Crippen LogP contribution is 2.35. The number of hydrogen-bond acceptors (Lipinski definition) is 4. The van der Waals surface area contributed by atoms with Crippen LogP contribution in [0.5, 0.6) is 0 Å². The molecule has 0 spiro atoms. The summed E-state index contributed by atoms with van der Waals surface area (Å²) in [5.41, 5.74) is 5.53. The van der Waals surface area contributed by atoms with Crippen molar-refractivity contribution in [2.75, 3.05) is 37.7 Å². The second-order valence-electron chi connectivity index (χ2n) is 7.41. The Kier molecular flexibility index (Phi) is 7.00. The van der Waals surface area contributed by atoms with E-state index in [-0.39, 0.29) is 24.3 Å². The topological polar surface area (TPSA) is 35.9 Å². The molecule has 1 saturated heterocycles. The van der Waals surface area contributed by atoms with Gasteiger partial charge in [0.2, 0.25) is 0 Å². The fourth-order valence-corrected chi connectivity index (χ4v) is 4.17. The molecule has 0 bridgehead atoms. The lowest BCUT2D eigenvalue weighted by atomic mass is 10.0. The molecule has 0 aromatic heterocycles. The van der Waals surface area contributed by atoms with Crippen molar-refractivity contribution in [1.29, 1.82) is 0 Å². The van der Waals surface area contributed by atoms with Crippen molar-refractivity contribution in [3.63, 3.8) is 0 Å². The maximum absolute atomic E-state index is 9.62. The van der Waals surface area contributed by atoms with E-state index in [0.29, 0.717) is 6.61 Å². The molecule has 2 aromatic rings. The molecule has 1 unspecified atom stereocenters. The minimum absolute atomic E-state index is 0. The Morgan fingerprint density at radius 1 is 1.00 bits per heavy atom. The largest absolute Gasteiger partial charge is 0.510 e. The molecule has 1 atom stereocenters. The van der Waals surface area contributed by atoms with Crippen LogP contribution in [0.25, 0.3) is 0 Å². The van der Waals surface area contributed by atoms with Crippen molar-refractivity contribution < 1.29 is 9.84 Å². The normalized spacial score (nSPS) is 19.1. The minimum Gasteiger partial charge on any atom is -0.510 e. The van der Waals surface area contributed by atoms with Crippen LogP contribution in [0.3, 0.4) is 0 Å². The van der Waals surface area contributed by atoms with E-state index >= 15 is 0 Å². The molecular weight excluding hydrogens is 372 g/mol. The standard InChI is InChI=1S/C23H28N2O2.ClH/c1-18(26)23-17-24(15-16-27-23)13-6-14-25-21-9-4-2-7-19(21)11-12-20-8-3-5-10-22(20)25;/h2-5,7-10,23,26H,1,6,11-17H2;1H. The molecule has 2 heterocycles. The van der Waals surface area contributed by atoms with E-state index < -0.39 is 0 Å². The van der Waals surface area contributed by atoms with Gasteiger partial charge in [0, 0.05) is 37.6 Å². The van der Waals surface area contributed by atoms with Gasteiger partial charge in [-0.05, 0) is 42.5 Å². The quantitative estimate of drug-likeness (QED) is 0.749. The molecule has 4 rings (SSSR count). The highest BCUT2D eigenvalue weighted by atomic mass is 35.5. The zero-order chi connectivity index (χ0) is 18.6. The second kappa shape index (κ2) is 9.46. The van der Waals surface area contributed by atoms with Crippen molar-refractivity contribution in [2.24, 2.45) is 0 Å². The monoisotopic (exact) mass is 400 g/mol. The molecule has 0 aliphatic carbocycles. The van der Waals surface area contributed by atoms with Crippen LogP contribution in [-0.4, -0.2) is 48.9 Å². The number of rotatable bonds is 5. The van der Waals surface area contributed by atoms with Gasteiger partial charge in [0.25, 0.3) is 0 Å². The van der Waals surface area contributed by atoms with E-state index in [4.69, 9.17) is 4.74 Å². The lowest BCUT2D eigenvalue weighted by Crippen LogP contribution is -2.44. The van der Waals surface area contributed by atoms with E-state index in [2.05, 4.69) is 64.9 Å². The van der Waals surface area contributed by atoms with Crippen LogP contribution in [0.4, 0.5) is 11.4 Å². The second-order valence-corrected chi connectivity index (χ2v) is 7.41. The van der Waals surface area contributed by atoms with E-state index in [0.717, 1.165) is 45.4 Å². The van der Waals surface area contributed by atoms with E-state index in [1.165, 1.54) is 22.5 Å². The SMILES string of the molecule is C=C(O)C1CN(CCCN2c3ccccc3CCc3ccccc32)CCO1.Cl. The highest BCUT2D eigenvalue weighted by molar-refractivity contribution is 5.85. The maximum Gasteiger partial charge on any atom is 0.126 e. The van der Waals surface area contributed by atoms with Crippen molar-refractivity contribution >= 4 is 23.8 Å². The Morgan fingerprint density at radius 3 is 2.21 bits per heavy atom. The van der Waals surface area contributed by atoms with Crippen LogP contribution in [0.1, 0.15) is 17.5 Å². The summed E-state index contributed by atoms with van der Waals surface area (Å²) in [6.45, 7) is 7.89. The molecule has 0 radical (unpaired) electrons. The van der Waals surface area contributed by atoms with Crippen LogP contribution in [0.15, 0.2) is 60.9 Å². The summed E-state index contributed by atoms with van der Waals surface area (Å²) in [4.78, 5) is 4.85. The van der Waals surface area contributed by atoms with Gasteiger partial charge in [0.15, 0.2) is 0 Å². The van der Waals surface area contributed by atoms with Crippen molar-refractivity contribution in [3.8, 4) is 0 Å². The van der Waals surface area contributed by atoms with Crippen LogP contribution in [-0.2, 0) is 17.6 Å². The van der Waals surface area contributed by atoms with Gasteiger partial charge < -0.3 is 14.7 Å². The summed E-state index contributed by atoms with van der Waals surface area (Å²) in [5.74, 6) is 0.134. The first-order valence-electron chi connectivity index (χ1n) is 9.87. The lowest BCUT2D eigenvalue weighted by Gasteiger charge is -2.33. The van der Waals surface area contributed by atoms with Crippen LogP contribution in [0, 0.1) is 0 Å². The molecule has 2 aliphatic heterocycles. The van der Waals surface area contributed by atoms with E-state index in [1.54, 1.807) is 0 Å². The molecule has 0 saturated carbocycles. The predicted molar refractivity (Wildman–Crippen MR) is 117 cm³/mol. The fourth-order valence-electron chi connectivity index (χ4n) is 4.17. The lowest BCUT2D eigenvalue weighted by molar-refractivity contribution is -0.0267. The number of ether oxygens (including phenoxy) is 1. The number of morpholine rings is 1. The van der Waals surface area contributed by atoms with Gasteiger partial charge in [0.1, 0.15) is 11.9 Å². The summed E-state index contributed by atoms with van der Waals surface area (Å²) in [6, 6.07) is 17.6. The molecule has 2 aromatic carbocycles. The summed E-state index contributed by atoms with van der Waals surface area (Å²) in [5, 5.41) is 9.62. The Labute approximate surface area is 173 Å². The number of aliphatic hydroxyl groups is 1. The number of anilines is 2. The van der Waals surface area contributed by atoms with Gasteiger partial charge in [-0.2, -0.15) is 0 Å². The summed E-state index contributed by atoms with van der Waals surface area (Å²) >= 11 is 0. The van der Waals surface area contributed by atoms with Crippen molar-refractivity contribution in [3.05, 3.63) is 72.0 Å². The van der Waals surface area contributed by atoms with Gasteiger partial charge in [0.05, 0.1) is 6.61 Å². The Hall–Kier alpha value is -2.01. The Bertz CT molecular complexity index is 763. The van der Waals surface area contributed by atoms with E-state index in [9.17, 15) is 5.11 Å². The third-order valence-corrected chi connectivity index (χ3v) is 5.61. The number of aliphatic hydroxyl groups excluding tert-OH is 1. The number of para-hydroxylation sites is 2. The maximum atomic E-state index is 9.62. The number of aryl methyl sites for hydroxylation is 2. The first kappa shape index (κ1) is 20.7. The minimum atomic E-state index is -0.251. The number of nitrogens with zero attached hydrogens (tertiary/aromatic N) is 2. The summed E-state index contributed by atoms with van der Waals surface area (Å²) < 4.78 is 5.57. The number of halogens is 1. The van der Waals surface area contributed by atoms with Crippen molar-refractivity contribution in [1.82, 2.24) is 4.90 Å². The fraction of sp³-hybridized carbons (Fsp3) is 0.391. The Morgan fingerprint density at radius 2 is 1.61 bits per heavy atom. The molecular formula is C23H29ClN2O2. The molecule has 150 valence electrons. The molecule has 28 heavy (non-hydrogen) atoms. The van der Waals surface area contributed by atoms with E-state index in [1.807, 2.05) is 0 Å². The van der Waals surface area contributed by atoms with Gasteiger partial charge >= 0.3 is 0 Å². The average Bonchev–Trinajstić information content (AvgIpc) is 2.86. The smallest absolute Gasteiger partial charge is 0.126 e. The summed E-state index contributed by atoms with van der Waals surface area (Å²) in [7, 11) is 0. The summed E-state index contributed by atoms with van der Waals surface area (Å²) in [6.07, 6.45) is 2.99. The van der Waals surface area contributed by atoms with Gasteiger partial charge in [-0.1, -0.05) is 43.0 Å². The average molecular weight is 401 g/mol. The van der Waals surface area contributed by atoms with Gasteiger partial charge in [-0.15, -0.1) is 12.4 Å². The number of benzene rings is 2. The molecule has 2 aliphatic rings.